The van der Waals surface area contributed by atoms with Gasteiger partial charge in [-0.3, -0.25) is 9.59 Å². The first kappa shape index (κ1) is 24.8. The monoisotopic (exact) mass is 488 g/mol. The number of carbonyl (C=O) groups is 3. The van der Waals surface area contributed by atoms with Gasteiger partial charge in [-0.2, -0.15) is 0 Å². The van der Waals surface area contributed by atoms with Crippen molar-refractivity contribution >= 4 is 23.5 Å². The minimum atomic E-state index is -1.00. The SMILES string of the molecule is COc1ccc(C(=O)Nc2ccc(-c3ccc4c(c3)C(=O)N([C@H](C(=O)O)C(C)C)C4)cc2)c(OC)c1. The number of anilines is 1. The number of amides is 2. The fourth-order valence-corrected chi connectivity index (χ4v) is 4.44. The van der Waals surface area contributed by atoms with Crippen LogP contribution in [-0.2, 0) is 11.3 Å². The summed E-state index contributed by atoms with van der Waals surface area (Å²) in [4.78, 5) is 39.0. The number of nitrogens with one attached hydrogen (secondary N) is 1. The van der Waals surface area contributed by atoms with Crippen LogP contribution >= 0.6 is 0 Å². The summed E-state index contributed by atoms with van der Waals surface area (Å²) in [5.41, 5.74) is 4.01. The number of benzene rings is 3. The molecular formula is C28H28N2O6. The lowest BCUT2D eigenvalue weighted by Crippen LogP contribution is -2.44. The van der Waals surface area contributed by atoms with Crippen molar-refractivity contribution in [1.82, 2.24) is 4.90 Å². The molecule has 0 spiro atoms. The average molecular weight is 489 g/mol. The van der Waals surface area contributed by atoms with Gasteiger partial charge < -0.3 is 24.8 Å². The van der Waals surface area contributed by atoms with Crippen molar-refractivity contribution in [2.45, 2.75) is 26.4 Å². The number of rotatable bonds is 8. The topological polar surface area (TPSA) is 105 Å². The predicted molar refractivity (Wildman–Crippen MR) is 136 cm³/mol. The van der Waals surface area contributed by atoms with Gasteiger partial charge in [-0.05, 0) is 52.9 Å². The molecule has 0 aliphatic carbocycles. The second-order valence-corrected chi connectivity index (χ2v) is 8.93. The Morgan fingerprint density at radius 2 is 1.64 bits per heavy atom. The molecule has 0 aromatic heterocycles. The van der Waals surface area contributed by atoms with Gasteiger partial charge in [0.1, 0.15) is 17.5 Å². The van der Waals surface area contributed by atoms with E-state index in [1.165, 1.54) is 12.0 Å². The van der Waals surface area contributed by atoms with Gasteiger partial charge in [0.05, 0.1) is 19.8 Å². The van der Waals surface area contributed by atoms with Crippen molar-refractivity contribution in [1.29, 1.82) is 0 Å². The highest BCUT2D eigenvalue weighted by Gasteiger charge is 2.38. The van der Waals surface area contributed by atoms with Crippen LogP contribution in [0.15, 0.2) is 60.7 Å². The summed E-state index contributed by atoms with van der Waals surface area (Å²) in [6.45, 7) is 3.88. The number of aliphatic carboxylic acids is 1. The number of methoxy groups -OCH3 is 2. The number of fused-ring (bicyclic) bond motifs is 1. The van der Waals surface area contributed by atoms with Crippen LogP contribution in [0.1, 0.15) is 40.1 Å². The standard InChI is InChI=1S/C28H28N2O6/c1-16(2)25(28(33)34)30-15-19-6-5-18(13-23(19)27(30)32)17-7-9-20(10-8-17)29-26(31)22-12-11-21(35-3)14-24(22)36-4/h5-14,16,25H,15H2,1-4H3,(H,29,31)(H,33,34)/t25-/m0/s1. The molecule has 0 saturated carbocycles. The van der Waals surface area contributed by atoms with Crippen molar-refractivity contribution < 1.29 is 29.0 Å². The molecule has 1 atom stereocenters. The average Bonchev–Trinajstić information content (AvgIpc) is 3.18. The van der Waals surface area contributed by atoms with Crippen LogP contribution in [0.3, 0.4) is 0 Å². The van der Waals surface area contributed by atoms with Crippen molar-refractivity contribution in [3.63, 3.8) is 0 Å². The summed E-state index contributed by atoms with van der Waals surface area (Å²) >= 11 is 0. The Morgan fingerprint density at radius 3 is 2.25 bits per heavy atom. The maximum atomic E-state index is 13.0. The van der Waals surface area contributed by atoms with E-state index >= 15 is 0 Å². The summed E-state index contributed by atoms with van der Waals surface area (Å²) in [7, 11) is 3.03. The summed E-state index contributed by atoms with van der Waals surface area (Å²) in [5.74, 6) is -0.805. The Hall–Kier alpha value is -4.33. The summed E-state index contributed by atoms with van der Waals surface area (Å²) in [5, 5.41) is 12.5. The van der Waals surface area contributed by atoms with Crippen LogP contribution < -0.4 is 14.8 Å². The van der Waals surface area contributed by atoms with Gasteiger partial charge >= 0.3 is 5.97 Å². The van der Waals surface area contributed by atoms with Crippen molar-refractivity contribution in [2.75, 3.05) is 19.5 Å². The minimum Gasteiger partial charge on any atom is -0.497 e. The molecule has 3 aromatic carbocycles. The molecule has 8 heteroatoms. The molecule has 0 saturated heterocycles. The van der Waals surface area contributed by atoms with Gasteiger partial charge in [0.15, 0.2) is 0 Å². The molecule has 0 bridgehead atoms. The van der Waals surface area contributed by atoms with Crippen LogP contribution in [0.2, 0.25) is 0 Å². The highest BCUT2D eigenvalue weighted by atomic mass is 16.5. The highest BCUT2D eigenvalue weighted by Crippen LogP contribution is 2.32. The number of carboxylic acids is 1. The summed E-state index contributed by atoms with van der Waals surface area (Å²) < 4.78 is 10.5. The number of nitrogens with zero attached hydrogens (tertiary/aromatic N) is 1. The Balaban J connectivity index is 1.51. The molecule has 1 heterocycles. The second kappa shape index (κ2) is 10.1. The zero-order chi connectivity index (χ0) is 26.0. The van der Waals surface area contributed by atoms with E-state index in [0.29, 0.717) is 28.3 Å². The Morgan fingerprint density at radius 1 is 0.944 bits per heavy atom. The van der Waals surface area contributed by atoms with Gasteiger partial charge in [-0.15, -0.1) is 0 Å². The first-order valence-electron chi connectivity index (χ1n) is 11.5. The van der Waals surface area contributed by atoms with E-state index < -0.39 is 12.0 Å². The zero-order valence-electron chi connectivity index (χ0n) is 20.6. The Kier molecular flexibility index (Phi) is 6.96. The van der Waals surface area contributed by atoms with Crippen LogP contribution in [0, 0.1) is 5.92 Å². The van der Waals surface area contributed by atoms with E-state index in [2.05, 4.69) is 5.32 Å². The number of carboxylic acid groups (broad SMARTS) is 1. The van der Waals surface area contributed by atoms with Crippen molar-refractivity contribution in [2.24, 2.45) is 5.92 Å². The number of hydrogen-bond acceptors (Lipinski definition) is 5. The van der Waals surface area contributed by atoms with E-state index in [1.807, 2.05) is 24.3 Å². The molecule has 186 valence electrons. The fraction of sp³-hybridized carbons (Fsp3) is 0.250. The van der Waals surface area contributed by atoms with Crippen LogP contribution in [0.4, 0.5) is 5.69 Å². The summed E-state index contributed by atoms with van der Waals surface area (Å²) in [6.07, 6.45) is 0. The van der Waals surface area contributed by atoms with Crippen molar-refractivity contribution in [3.8, 4) is 22.6 Å². The molecule has 0 fully saturated rings. The van der Waals surface area contributed by atoms with Crippen LogP contribution in [0.5, 0.6) is 11.5 Å². The van der Waals surface area contributed by atoms with Gasteiger partial charge in [0, 0.05) is 23.9 Å². The predicted octanol–water partition coefficient (Wildman–Crippen LogP) is 4.69. The van der Waals surface area contributed by atoms with E-state index in [1.54, 1.807) is 57.4 Å². The number of carbonyl (C=O) groups excluding carboxylic acids is 2. The highest BCUT2D eigenvalue weighted by molar-refractivity contribution is 6.06. The van der Waals surface area contributed by atoms with Crippen LogP contribution in [-0.4, -0.2) is 48.1 Å². The molecule has 36 heavy (non-hydrogen) atoms. The first-order valence-corrected chi connectivity index (χ1v) is 11.5. The second-order valence-electron chi connectivity index (χ2n) is 8.93. The summed E-state index contributed by atoms with van der Waals surface area (Å²) in [6, 6.07) is 17.0. The first-order chi connectivity index (χ1) is 17.2. The maximum Gasteiger partial charge on any atom is 0.326 e. The van der Waals surface area contributed by atoms with E-state index in [0.717, 1.165) is 16.7 Å². The van der Waals surface area contributed by atoms with Gasteiger partial charge in [-0.1, -0.05) is 38.1 Å². The molecule has 2 N–H and O–H groups in total. The number of ether oxygens (including phenoxy) is 2. The quantitative estimate of drug-likeness (QED) is 0.477. The van der Waals surface area contributed by atoms with Gasteiger partial charge in [0.25, 0.3) is 11.8 Å². The lowest BCUT2D eigenvalue weighted by Gasteiger charge is -2.27. The molecule has 4 rings (SSSR count). The third-order valence-electron chi connectivity index (χ3n) is 6.29. The van der Waals surface area contributed by atoms with Gasteiger partial charge in [-0.25, -0.2) is 4.79 Å². The largest absolute Gasteiger partial charge is 0.497 e. The molecule has 1 aliphatic rings. The molecule has 2 amide bonds. The molecule has 0 unspecified atom stereocenters. The van der Waals surface area contributed by atoms with Crippen molar-refractivity contribution in [3.05, 3.63) is 77.4 Å². The smallest absolute Gasteiger partial charge is 0.326 e. The minimum absolute atomic E-state index is 0.208. The zero-order valence-corrected chi connectivity index (χ0v) is 20.6. The van der Waals surface area contributed by atoms with Gasteiger partial charge in [0.2, 0.25) is 0 Å². The molecule has 0 radical (unpaired) electrons. The molecular weight excluding hydrogens is 460 g/mol. The molecule has 8 nitrogen and oxygen atoms in total. The Labute approximate surface area is 209 Å². The normalized spacial score (nSPS) is 13.4. The third kappa shape index (κ3) is 4.75. The van der Waals surface area contributed by atoms with E-state index in [4.69, 9.17) is 9.47 Å². The maximum absolute atomic E-state index is 13.0. The molecule has 3 aromatic rings. The van der Waals surface area contributed by atoms with Crippen LogP contribution in [0.25, 0.3) is 11.1 Å². The lowest BCUT2D eigenvalue weighted by atomic mass is 10.00. The number of hydrogen-bond donors (Lipinski definition) is 2. The van der Waals surface area contributed by atoms with E-state index in [-0.39, 0.29) is 24.3 Å². The molecule has 1 aliphatic heterocycles. The Bertz CT molecular complexity index is 1320. The fourth-order valence-electron chi connectivity index (χ4n) is 4.44. The van der Waals surface area contributed by atoms with E-state index in [9.17, 15) is 19.5 Å². The third-order valence-corrected chi connectivity index (χ3v) is 6.29. The lowest BCUT2D eigenvalue weighted by molar-refractivity contribution is -0.144.